The summed E-state index contributed by atoms with van der Waals surface area (Å²) in [6.45, 7) is 0. The van der Waals surface area contributed by atoms with Crippen LogP contribution in [0.25, 0.3) is 0 Å². The lowest BCUT2D eigenvalue weighted by Gasteiger charge is -2.05. The molecule has 1 aromatic rings. The highest BCUT2D eigenvalue weighted by molar-refractivity contribution is 7.98. The minimum absolute atomic E-state index is 0.112. The van der Waals surface area contributed by atoms with Gasteiger partial charge in [0.2, 0.25) is 5.91 Å². The molecular weight excluding hydrogens is 226 g/mol. The van der Waals surface area contributed by atoms with Crippen LogP contribution in [0.4, 0.5) is 5.69 Å². The molecule has 0 aromatic heterocycles. The number of rotatable bonds is 4. The van der Waals surface area contributed by atoms with Crippen LogP contribution in [0.15, 0.2) is 34.3 Å². The summed E-state index contributed by atoms with van der Waals surface area (Å²) in [5.74, 6) is -0.424. The fraction of sp³-hybridized carbons (Fsp3) is 0.200. The Balaban J connectivity index is 2.62. The normalized spacial score (nSPS) is 11.2. The molecule has 0 heterocycles. The molecule has 1 amide bonds. The number of amides is 1. The molecular formula is C10H13N3O2S. The second-order valence-corrected chi connectivity index (χ2v) is 3.93. The van der Waals surface area contributed by atoms with Gasteiger partial charge >= 0.3 is 0 Å². The molecule has 0 radical (unpaired) electrons. The van der Waals surface area contributed by atoms with Gasteiger partial charge in [-0.25, -0.2) is 0 Å². The van der Waals surface area contributed by atoms with Crippen molar-refractivity contribution >= 4 is 29.2 Å². The summed E-state index contributed by atoms with van der Waals surface area (Å²) < 4.78 is 0. The zero-order chi connectivity index (χ0) is 12.0. The molecule has 16 heavy (non-hydrogen) atoms. The third-order valence-electron chi connectivity index (χ3n) is 1.82. The molecule has 86 valence electrons. The molecule has 1 rings (SSSR count). The van der Waals surface area contributed by atoms with E-state index in [4.69, 9.17) is 10.9 Å². The van der Waals surface area contributed by atoms with Gasteiger partial charge in [-0.3, -0.25) is 4.79 Å². The molecule has 0 atom stereocenters. The number of thioether (sulfide) groups is 1. The van der Waals surface area contributed by atoms with E-state index < -0.39 is 0 Å². The molecule has 4 N–H and O–H groups in total. The highest BCUT2D eigenvalue weighted by Gasteiger charge is 2.05. The van der Waals surface area contributed by atoms with Crippen LogP contribution in [0.1, 0.15) is 6.42 Å². The molecule has 1 aromatic carbocycles. The molecule has 0 aliphatic rings. The predicted octanol–water partition coefficient (Wildman–Crippen LogP) is 1.48. The van der Waals surface area contributed by atoms with Crippen molar-refractivity contribution in [1.82, 2.24) is 0 Å². The van der Waals surface area contributed by atoms with Gasteiger partial charge in [-0.15, -0.1) is 11.8 Å². The fourth-order valence-corrected chi connectivity index (χ4v) is 1.57. The lowest BCUT2D eigenvalue weighted by molar-refractivity contribution is -0.115. The molecule has 0 spiro atoms. The molecule has 6 heteroatoms. The van der Waals surface area contributed by atoms with Gasteiger partial charge in [-0.2, -0.15) is 0 Å². The first-order valence-corrected chi connectivity index (χ1v) is 5.78. The van der Waals surface area contributed by atoms with Crippen LogP contribution in [0.2, 0.25) is 0 Å². The maximum atomic E-state index is 11.4. The average Bonchev–Trinajstić information content (AvgIpc) is 2.28. The number of benzene rings is 1. The van der Waals surface area contributed by atoms with E-state index in [1.165, 1.54) is 0 Å². The second kappa shape index (κ2) is 6.02. The van der Waals surface area contributed by atoms with Crippen molar-refractivity contribution in [3.8, 4) is 0 Å². The molecule has 0 bridgehead atoms. The molecule has 0 saturated carbocycles. The molecule has 0 saturated heterocycles. The SMILES string of the molecule is CSc1cccc(NC(=O)C/C(N)=N/O)c1. The lowest BCUT2D eigenvalue weighted by Crippen LogP contribution is -2.21. The Morgan fingerprint density at radius 2 is 2.38 bits per heavy atom. The highest BCUT2D eigenvalue weighted by Crippen LogP contribution is 2.18. The van der Waals surface area contributed by atoms with Gasteiger partial charge in [0.15, 0.2) is 0 Å². The Morgan fingerprint density at radius 3 is 3.00 bits per heavy atom. The van der Waals surface area contributed by atoms with E-state index in [0.717, 1.165) is 4.90 Å². The van der Waals surface area contributed by atoms with E-state index in [9.17, 15) is 4.79 Å². The number of anilines is 1. The molecule has 0 unspecified atom stereocenters. The Kier molecular flexibility index (Phi) is 4.65. The number of carbonyl (C=O) groups is 1. The molecule has 0 aliphatic heterocycles. The summed E-state index contributed by atoms with van der Waals surface area (Å²) in [5.41, 5.74) is 5.92. The third-order valence-corrected chi connectivity index (χ3v) is 2.55. The Bertz CT molecular complexity index is 407. The van der Waals surface area contributed by atoms with Gasteiger partial charge < -0.3 is 16.3 Å². The minimum atomic E-state index is -0.312. The van der Waals surface area contributed by atoms with E-state index in [1.54, 1.807) is 17.8 Å². The predicted molar refractivity (Wildman–Crippen MR) is 64.9 cm³/mol. The number of nitrogens with zero attached hydrogens (tertiary/aromatic N) is 1. The zero-order valence-corrected chi connectivity index (χ0v) is 9.62. The van der Waals surface area contributed by atoms with Crippen molar-refractivity contribution in [3.63, 3.8) is 0 Å². The number of amidine groups is 1. The van der Waals surface area contributed by atoms with Crippen LogP contribution in [0.5, 0.6) is 0 Å². The van der Waals surface area contributed by atoms with Crippen molar-refractivity contribution in [2.24, 2.45) is 10.9 Å². The highest BCUT2D eigenvalue weighted by atomic mass is 32.2. The second-order valence-electron chi connectivity index (χ2n) is 3.05. The average molecular weight is 239 g/mol. The number of nitrogens with one attached hydrogen (secondary N) is 1. The van der Waals surface area contributed by atoms with E-state index >= 15 is 0 Å². The maximum absolute atomic E-state index is 11.4. The van der Waals surface area contributed by atoms with Gasteiger partial charge in [0.1, 0.15) is 5.84 Å². The van der Waals surface area contributed by atoms with Gasteiger partial charge in [-0.05, 0) is 24.5 Å². The number of nitrogens with two attached hydrogens (primary N) is 1. The van der Waals surface area contributed by atoms with Crippen LogP contribution < -0.4 is 11.1 Å². The van der Waals surface area contributed by atoms with E-state index in [1.807, 2.05) is 24.5 Å². The monoisotopic (exact) mass is 239 g/mol. The van der Waals surface area contributed by atoms with Gasteiger partial charge in [0, 0.05) is 10.6 Å². The van der Waals surface area contributed by atoms with Crippen molar-refractivity contribution in [2.75, 3.05) is 11.6 Å². The first-order valence-electron chi connectivity index (χ1n) is 4.56. The summed E-state index contributed by atoms with van der Waals surface area (Å²) in [7, 11) is 0. The topological polar surface area (TPSA) is 87.7 Å². The molecule has 0 fully saturated rings. The number of carbonyl (C=O) groups excluding carboxylic acids is 1. The fourth-order valence-electron chi connectivity index (χ4n) is 1.11. The van der Waals surface area contributed by atoms with Crippen LogP contribution >= 0.6 is 11.8 Å². The summed E-state index contributed by atoms with van der Waals surface area (Å²) >= 11 is 1.59. The van der Waals surface area contributed by atoms with E-state index in [0.29, 0.717) is 5.69 Å². The zero-order valence-electron chi connectivity index (χ0n) is 8.80. The largest absolute Gasteiger partial charge is 0.409 e. The summed E-state index contributed by atoms with van der Waals surface area (Å²) in [6, 6.07) is 7.44. The standard InChI is InChI=1S/C10H13N3O2S/c1-16-8-4-2-3-7(5-8)12-10(14)6-9(11)13-15/h2-5,15H,6H2,1H3,(H2,11,13)(H,12,14). The first kappa shape index (κ1) is 12.4. The van der Waals surface area contributed by atoms with E-state index in [2.05, 4.69) is 10.5 Å². The lowest BCUT2D eigenvalue weighted by atomic mass is 10.3. The van der Waals surface area contributed by atoms with E-state index in [-0.39, 0.29) is 18.2 Å². The van der Waals surface area contributed by atoms with Crippen molar-refractivity contribution in [1.29, 1.82) is 0 Å². The van der Waals surface area contributed by atoms with Crippen molar-refractivity contribution < 1.29 is 10.0 Å². The maximum Gasteiger partial charge on any atom is 0.232 e. The molecule has 0 aliphatic carbocycles. The summed E-state index contributed by atoms with van der Waals surface area (Å²) in [4.78, 5) is 12.4. The third kappa shape index (κ3) is 3.82. The molecule has 5 nitrogen and oxygen atoms in total. The summed E-state index contributed by atoms with van der Waals surface area (Å²) in [6.07, 6.45) is 1.83. The van der Waals surface area contributed by atoms with Crippen molar-refractivity contribution in [3.05, 3.63) is 24.3 Å². The van der Waals surface area contributed by atoms with Gasteiger partial charge in [0.05, 0.1) is 6.42 Å². The van der Waals surface area contributed by atoms with Crippen LogP contribution in [0.3, 0.4) is 0 Å². The Morgan fingerprint density at radius 1 is 1.62 bits per heavy atom. The van der Waals surface area contributed by atoms with Crippen LogP contribution in [0, 0.1) is 0 Å². The smallest absolute Gasteiger partial charge is 0.232 e. The summed E-state index contributed by atoms with van der Waals surface area (Å²) in [5, 5.41) is 13.7. The number of hydrogen-bond acceptors (Lipinski definition) is 4. The minimum Gasteiger partial charge on any atom is -0.409 e. The number of oxime groups is 1. The quantitative estimate of drug-likeness (QED) is 0.244. The van der Waals surface area contributed by atoms with Crippen LogP contribution in [-0.2, 0) is 4.79 Å². The Labute approximate surface area is 97.7 Å². The van der Waals surface area contributed by atoms with Crippen LogP contribution in [-0.4, -0.2) is 23.2 Å². The Hall–Kier alpha value is -1.69. The number of hydrogen-bond donors (Lipinski definition) is 3. The van der Waals surface area contributed by atoms with Crippen molar-refractivity contribution in [2.45, 2.75) is 11.3 Å². The van der Waals surface area contributed by atoms with Gasteiger partial charge in [0.25, 0.3) is 0 Å². The first-order chi connectivity index (χ1) is 7.65. The van der Waals surface area contributed by atoms with Gasteiger partial charge in [-0.1, -0.05) is 11.2 Å².